The minimum atomic E-state index is -4.47. The summed E-state index contributed by atoms with van der Waals surface area (Å²) in [7, 11) is 0. The summed E-state index contributed by atoms with van der Waals surface area (Å²) in [4.78, 5) is 0. The number of halogens is 5. The molecule has 19 heavy (non-hydrogen) atoms. The third-order valence-electron chi connectivity index (χ3n) is 2.42. The lowest BCUT2D eigenvalue weighted by molar-refractivity contribution is -0.137. The zero-order valence-electron chi connectivity index (χ0n) is 9.39. The van der Waals surface area contributed by atoms with E-state index in [1.54, 1.807) is 6.07 Å². The zero-order chi connectivity index (χ0) is 14.0. The molecule has 1 aromatic heterocycles. The van der Waals surface area contributed by atoms with Crippen LogP contribution in [0, 0.1) is 0 Å². The van der Waals surface area contributed by atoms with Gasteiger partial charge in [-0.2, -0.15) is 13.2 Å². The van der Waals surface area contributed by atoms with Crippen molar-refractivity contribution in [3.05, 3.63) is 51.3 Å². The van der Waals surface area contributed by atoms with Crippen LogP contribution in [0.15, 0.2) is 39.4 Å². The Kier molecular flexibility index (Phi) is 4.10. The monoisotopic (exact) mass is 353 g/mol. The van der Waals surface area contributed by atoms with Crippen LogP contribution in [-0.4, -0.2) is 0 Å². The average Bonchev–Trinajstić information content (AvgIpc) is 2.72. The van der Waals surface area contributed by atoms with Crippen molar-refractivity contribution >= 4 is 33.2 Å². The van der Waals surface area contributed by atoms with E-state index in [0.717, 1.165) is 10.5 Å². The molecule has 0 amide bonds. The topological polar surface area (TPSA) is 25.2 Å². The van der Waals surface area contributed by atoms with Gasteiger partial charge in [-0.1, -0.05) is 11.6 Å². The van der Waals surface area contributed by atoms with E-state index >= 15 is 0 Å². The summed E-state index contributed by atoms with van der Waals surface area (Å²) in [6.07, 6.45) is -2.98. The van der Waals surface area contributed by atoms with Crippen LogP contribution in [-0.2, 0) is 12.7 Å². The molecule has 0 fully saturated rings. The molecule has 1 N–H and O–H groups in total. The lowest BCUT2D eigenvalue weighted by Gasteiger charge is -2.12. The summed E-state index contributed by atoms with van der Waals surface area (Å²) in [5, 5.41) is 2.52. The third-order valence-corrected chi connectivity index (χ3v) is 3.45. The Morgan fingerprint density at radius 2 is 2.00 bits per heavy atom. The van der Waals surface area contributed by atoms with Gasteiger partial charge in [-0.25, -0.2) is 0 Å². The standard InChI is InChI=1S/C12H8BrClF3NO/c13-9-3-4-19-11(9)6-18-7-1-2-10(14)8(5-7)12(15,16)17/h1-5,18H,6H2. The number of anilines is 1. The summed E-state index contributed by atoms with van der Waals surface area (Å²) in [5.74, 6) is 0.600. The quantitative estimate of drug-likeness (QED) is 0.806. The van der Waals surface area contributed by atoms with Gasteiger partial charge in [-0.15, -0.1) is 0 Å². The molecule has 2 rings (SSSR count). The summed E-state index contributed by atoms with van der Waals surface area (Å²) >= 11 is 8.79. The van der Waals surface area contributed by atoms with E-state index in [1.807, 2.05) is 0 Å². The number of furan rings is 1. The zero-order valence-corrected chi connectivity index (χ0v) is 11.7. The highest BCUT2D eigenvalue weighted by atomic mass is 79.9. The van der Waals surface area contributed by atoms with E-state index in [2.05, 4.69) is 21.2 Å². The van der Waals surface area contributed by atoms with Crippen molar-refractivity contribution in [3.8, 4) is 0 Å². The fraction of sp³-hybridized carbons (Fsp3) is 0.167. The molecule has 2 aromatic rings. The predicted octanol–water partition coefficient (Wildman–Crippen LogP) is 5.33. The van der Waals surface area contributed by atoms with Gasteiger partial charge < -0.3 is 9.73 Å². The fourth-order valence-electron chi connectivity index (χ4n) is 1.49. The molecular formula is C12H8BrClF3NO. The minimum absolute atomic E-state index is 0.270. The lowest BCUT2D eigenvalue weighted by atomic mass is 10.2. The summed E-state index contributed by atoms with van der Waals surface area (Å²) in [5.41, 5.74) is -0.544. The van der Waals surface area contributed by atoms with Gasteiger partial charge >= 0.3 is 6.18 Å². The predicted molar refractivity (Wildman–Crippen MR) is 70.2 cm³/mol. The van der Waals surface area contributed by atoms with E-state index in [9.17, 15) is 13.2 Å². The molecule has 0 aliphatic carbocycles. The molecule has 1 aromatic carbocycles. The van der Waals surface area contributed by atoms with Crippen LogP contribution in [0.1, 0.15) is 11.3 Å². The SMILES string of the molecule is FC(F)(F)c1cc(NCc2occc2Br)ccc1Cl. The number of rotatable bonds is 3. The molecule has 0 unspecified atom stereocenters. The van der Waals surface area contributed by atoms with Crippen molar-refractivity contribution in [2.75, 3.05) is 5.32 Å². The highest BCUT2D eigenvalue weighted by molar-refractivity contribution is 9.10. The molecule has 2 nitrogen and oxygen atoms in total. The maximum atomic E-state index is 12.7. The second-order valence-corrected chi connectivity index (χ2v) is 5.00. The molecule has 0 saturated heterocycles. The molecule has 0 saturated carbocycles. The first kappa shape index (κ1) is 14.3. The molecule has 1 heterocycles. The molecule has 0 radical (unpaired) electrons. The van der Waals surface area contributed by atoms with Gasteiger partial charge in [-0.05, 0) is 40.2 Å². The van der Waals surface area contributed by atoms with Crippen LogP contribution in [0.2, 0.25) is 5.02 Å². The van der Waals surface area contributed by atoms with Crippen molar-refractivity contribution in [2.45, 2.75) is 12.7 Å². The van der Waals surface area contributed by atoms with E-state index in [1.165, 1.54) is 18.4 Å². The van der Waals surface area contributed by atoms with Gasteiger partial charge in [0.2, 0.25) is 0 Å². The van der Waals surface area contributed by atoms with Crippen molar-refractivity contribution in [1.82, 2.24) is 0 Å². The van der Waals surface area contributed by atoms with Crippen LogP contribution in [0.4, 0.5) is 18.9 Å². The third kappa shape index (κ3) is 3.45. The number of hydrogen-bond acceptors (Lipinski definition) is 2. The normalized spacial score (nSPS) is 11.6. The summed E-state index contributed by atoms with van der Waals surface area (Å²) < 4.78 is 43.9. The summed E-state index contributed by atoms with van der Waals surface area (Å²) in [6.45, 7) is 0.270. The first-order chi connectivity index (χ1) is 8.88. The van der Waals surface area contributed by atoms with E-state index in [0.29, 0.717) is 11.4 Å². The Hall–Kier alpha value is -1.14. The Labute approximate surface area is 120 Å². The summed E-state index contributed by atoms with van der Waals surface area (Å²) in [6, 6.07) is 5.37. The van der Waals surface area contributed by atoms with Crippen LogP contribution in [0.25, 0.3) is 0 Å². The number of benzene rings is 1. The maximum absolute atomic E-state index is 12.7. The molecule has 0 atom stereocenters. The van der Waals surface area contributed by atoms with Crippen LogP contribution in [0.5, 0.6) is 0 Å². The van der Waals surface area contributed by atoms with E-state index in [-0.39, 0.29) is 11.6 Å². The number of nitrogens with one attached hydrogen (secondary N) is 1. The highest BCUT2D eigenvalue weighted by Crippen LogP contribution is 2.36. The second kappa shape index (κ2) is 5.46. The van der Waals surface area contributed by atoms with E-state index < -0.39 is 11.7 Å². The van der Waals surface area contributed by atoms with Crippen LogP contribution < -0.4 is 5.32 Å². The molecule has 0 aliphatic heterocycles. The Morgan fingerprint density at radius 1 is 1.26 bits per heavy atom. The first-order valence-electron chi connectivity index (χ1n) is 5.20. The van der Waals surface area contributed by atoms with Gasteiger partial charge in [0.15, 0.2) is 0 Å². The van der Waals surface area contributed by atoms with Crippen LogP contribution in [0.3, 0.4) is 0 Å². The average molecular weight is 355 g/mol. The molecule has 7 heteroatoms. The van der Waals surface area contributed by atoms with Gasteiger partial charge in [-0.3, -0.25) is 0 Å². The molecular weight excluding hydrogens is 346 g/mol. The maximum Gasteiger partial charge on any atom is 0.417 e. The van der Waals surface area contributed by atoms with Crippen LogP contribution >= 0.6 is 27.5 Å². The van der Waals surface area contributed by atoms with Crippen molar-refractivity contribution in [1.29, 1.82) is 0 Å². The minimum Gasteiger partial charge on any atom is -0.466 e. The molecule has 102 valence electrons. The number of alkyl halides is 3. The Balaban J connectivity index is 2.16. The molecule has 0 aliphatic rings. The molecule has 0 spiro atoms. The van der Waals surface area contributed by atoms with Gasteiger partial charge in [0, 0.05) is 5.69 Å². The largest absolute Gasteiger partial charge is 0.466 e. The van der Waals surface area contributed by atoms with Gasteiger partial charge in [0.05, 0.1) is 27.9 Å². The van der Waals surface area contributed by atoms with Crippen molar-refractivity contribution < 1.29 is 17.6 Å². The number of hydrogen-bond donors (Lipinski definition) is 1. The van der Waals surface area contributed by atoms with Gasteiger partial charge in [0.25, 0.3) is 0 Å². The van der Waals surface area contributed by atoms with Crippen molar-refractivity contribution in [2.24, 2.45) is 0 Å². The smallest absolute Gasteiger partial charge is 0.417 e. The van der Waals surface area contributed by atoms with E-state index in [4.69, 9.17) is 16.0 Å². The Morgan fingerprint density at radius 3 is 2.58 bits per heavy atom. The second-order valence-electron chi connectivity index (χ2n) is 3.74. The first-order valence-corrected chi connectivity index (χ1v) is 6.37. The van der Waals surface area contributed by atoms with Crippen molar-refractivity contribution in [3.63, 3.8) is 0 Å². The highest BCUT2D eigenvalue weighted by Gasteiger charge is 2.33. The Bertz CT molecular complexity index is 583. The lowest BCUT2D eigenvalue weighted by Crippen LogP contribution is -2.07. The van der Waals surface area contributed by atoms with Gasteiger partial charge in [0.1, 0.15) is 5.76 Å². The molecule has 0 bridgehead atoms. The fourth-order valence-corrected chi connectivity index (χ4v) is 2.05.